The molecule has 0 aliphatic carbocycles. The van der Waals surface area contributed by atoms with E-state index in [-0.39, 0.29) is 5.75 Å². The molecule has 0 heterocycles. The van der Waals surface area contributed by atoms with Gasteiger partial charge >= 0.3 is 5.97 Å². The standard InChI is InChI=1S/C11H15NO3/c1-2-7-5-9(13)4-3-8(7)6-10(12)11(14)15/h3-5,10,13H,2,6,12H2,1H3,(H,14,15)/t10-/m0/s1. The van der Waals surface area contributed by atoms with Crippen molar-refractivity contribution in [2.45, 2.75) is 25.8 Å². The van der Waals surface area contributed by atoms with Crippen LogP contribution in [0.3, 0.4) is 0 Å². The second-order valence-corrected chi connectivity index (χ2v) is 3.46. The molecule has 82 valence electrons. The number of benzene rings is 1. The van der Waals surface area contributed by atoms with Gasteiger partial charge in [-0.3, -0.25) is 4.79 Å². The monoisotopic (exact) mass is 209 g/mol. The fourth-order valence-corrected chi connectivity index (χ4v) is 1.46. The number of hydrogen-bond donors (Lipinski definition) is 3. The zero-order valence-electron chi connectivity index (χ0n) is 8.60. The number of phenols is 1. The molecule has 4 heteroatoms. The Morgan fingerprint density at radius 3 is 2.67 bits per heavy atom. The van der Waals surface area contributed by atoms with E-state index in [1.54, 1.807) is 18.2 Å². The lowest BCUT2D eigenvalue weighted by Gasteiger charge is -2.11. The second-order valence-electron chi connectivity index (χ2n) is 3.46. The summed E-state index contributed by atoms with van der Waals surface area (Å²) < 4.78 is 0. The molecular formula is C11H15NO3. The molecule has 4 nitrogen and oxygen atoms in total. The molecule has 0 aromatic heterocycles. The molecule has 1 aromatic carbocycles. The number of nitrogens with two attached hydrogens (primary N) is 1. The van der Waals surface area contributed by atoms with Gasteiger partial charge in [0.2, 0.25) is 0 Å². The number of carboxylic acids is 1. The fraction of sp³-hybridized carbons (Fsp3) is 0.364. The van der Waals surface area contributed by atoms with Gasteiger partial charge in [-0.2, -0.15) is 0 Å². The second kappa shape index (κ2) is 4.79. The number of aromatic hydroxyl groups is 1. The number of carbonyl (C=O) groups is 1. The van der Waals surface area contributed by atoms with Crippen LogP contribution in [0, 0.1) is 0 Å². The molecule has 1 aromatic rings. The van der Waals surface area contributed by atoms with Crippen molar-refractivity contribution in [1.29, 1.82) is 0 Å². The third kappa shape index (κ3) is 2.95. The van der Waals surface area contributed by atoms with Crippen molar-refractivity contribution in [2.75, 3.05) is 0 Å². The van der Waals surface area contributed by atoms with Gasteiger partial charge < -0.3 is 15.9 Å². The molecule has 0 saturated carbocycles. The molecule has 0 bridgehead atoms. The normalized spacial score (nSPS) is 12.4. The van der Waals surface area contributed by atoms with Gasteiger partial charge in [-0.1, -0.05) is 13.0 Å². The summed E-state index contributed by atoms with van der Waals surface area (Å²) in [6, 6.07) is 4.02. The highest BCUT2D eigenvalue weighted by Gasteiger charge is 2.14. The molecule has 4 N–H and O–H groups in total. The molecule has 0 aliphatic rings. The molecular weight excluding hydrogens is 194 g/mol. The summed E-state index contributed by atoms with van der Waals surface area (Å²) in [6.07, 6.45) is 1.04. The van der Waals surface area contributed by atoms with Gasteiger partial charge in [0.05, 0.1) is 0 Å². The third-order valence-corrected chi connectivity index (χ3v) is 2.33. The zero-order chi connectivity index (χ0) is 11.4. The van der Waals surface area contributed by atoms with Gasteiger partial charge in [-0.15, -0.1) is 0 Å². The number of rotatable bonds is 4. The third-order valence-electron chi connectivity index (χ3n) is 2.33. The molecule has 0 fully saturated rings. The van der Waals surface area contributed by atoms with E-state index in [9.17, 15) is 9.90 Å². The van der Waals surface area contributed by atoms with Crippen LogP contribution in [0.4, 0.5) is 0 Å². The summed E-state index contributed by atoms with van der Waals surface area (Å²) in [5, 5.41) is 18.0. The highest BCUT2D eigenvalue weighted by atomic mass is 16.4. The first kappa shape index (κ1) is 11.5. The number of phenolic OH excluding ortho intramolecular Hbond substituents is 1. The van der Waals surface area contributed by atoms with E-state index < -0.39 is 12.0 Å². The molecule has 0 saturated heterocycles. The Bertz CT molecular complexity index is 363. The fourth-order valence-electron chi connectivity index (χ4n) is 1.46. The molecule has 0 unspecified atom stereocenters. The first-order valence-corrected chi connectivity index (χ1v) is 4.83. The number of carboxylic acid groups (broad SMARTS) is 1. The topological polar surface area (TPSA) is 83.5 Å². The molecule has 15 heavy (non-hydrogen) atoms. The van der Waals surface area contributed by atoms with Crippen LogP contribution in [0.2, 0.25) is 0 Å². The lowest BCUT2D eigenvalue weighted by molar-refractivity contribution is -0.138. The summed E-state index contributed by atoms with van der Waals surface area (Å²) in [7, 11) is 0. The minimum Gasteiger partial charge on any atom is -0.508 e. The van der Waals surface area contributed by atoms with Crippen molar-refractivity contribution in [3.05, 3.63) is 29.3 Å². The molecule has 0 spiro atoms. The number of hydrogen-bond acceptors (Lipinski definition) is 3. The Morgan fingerprint density at radius 2 is 2.13 bits per heavy atom. The van der Waals surface area contributed by atoms with Crippen LogP contribution >= 0.6 is 0 Å². The van der Waals surface area contributed by atoms with Crippen LogP contribution in [0.1, 0.15) is 18.1 Å². The highest BCUT2D eigenvalue weighted by molar-refractivity contribution is 5.73. The Balaban J connectivity index is 2.89. The number of aliphatic carboxylic acids is 1. The van der Waals surface area contributed by atoms with Crippen LogP contribution in [-0.2, 0) is 17.6 Å². The maximum atomic E-state index is 10.6. The summed E-state index contributed by atoms with van der Waals surface area (Å²) in [6.45, 7) is 1.95. The van der Waals surface area contributed by atoms with Crippen molar-refractivity contribution in [3.63, 3.8) is 0 Å². The Morgan fingerprint density at radius 1 is 1.47 bits per heavy atom. The summed E-state index contributed by atoms with van der Waals surface area (Å²) in [5.74, 6) is -0.815. The largest absolute Gasteiger partial charge is 0.508 e. The van der Waals surface area contributed by atoms with Crippen molar-refractivity contribution >= 4 is 5.97 Å². The van der Waals surface area contributed by atoms with Crippen LogP contribution in [0.25, 0.3) is 0 Å². The summed E-state index contributed by atoms with van der Waals surface area (Å²) in [5.41, 5.74) is 7.26. The lowest BCUT2D eigenvalue weighted by atomic mass is 9.99. The molecule has 0 aliphatic heterocycles. The Kier molecular flexibility index (Phi) is 3.68. The van der Waals surface area contributed by atoms with E-state index >= 15 is 0 Å². The van der Waals surface area contributed by atoms with Crippen molar-refractivity contribution in [1.82, 2.24) is 0 Å². The van der Waals surface area contributed by atoms with Gasteiger partial charge in [-0.05, 0) is 36.1 Å². The van der Waals surface area contributed by atoms with Crippen LogP contribution in [0.5, 0.6) is 5.75 Å². The zero-order valence-corrected chi connectivity index (χ0v) is 8.60. The molecule has 0 amide bonds. The SMILES string of the molecule is CCc1cc(O)ccc1C[C@H](N)C(=O)O. The summed E-state index contributed by atoms with van der Waals surface area (Å²) >= 11 is 0. The smallest absolute Gasteiger partial charge is 0.320 e. The first-order valence-electron chi connectivity index (χ1n) is 4.83. The van der Waals surface area contributed by atoms with Gasteiger partial charge in [-0.25, -0.2) is 0 Å². The van der Waals surface area contributed by atoms with Gasteiger partial charge in [0, 0.05) is 0 Å². The average Bonchev–Trinajstić information content (AvgIpc) is 2.20. The minimum absolute atomic E-state index is 0.194. The van der Waals surface area contributed by atoms with E-state index in [2.05, 4.69) is 0 Å². The predicted octanol–water partition coefficient (Wildman–Crippen LogP) is 0.909. The minimum atomic E-state index is -1.01. The van der Waals surface area contributed by atoms with Crippen LogP contribution in [0.15, 0.2) is 18.2 Å². The van der Waals surface area contributed by atoms with E-state index in [0.717, 1.165) is 17.5 Å². The van der Waals surface area contributed by atoms with Gasteiger partial charge in [0.25, 0.3) is 0 Å². The van der Waals surface area contributed by atoms with Crippen LogP contribution in [-0.4, -0.2) is 22.2 Å². The quantitative estimate of drug-likeness (QED) is 0.688. The van der Waals surface area contributed by atoms with Crippen LogP contribution < -0.4 is 5.73 Å². The molecule has 0 radical (unpaired) electrons. The highest BCUT2D eigenvalue weighted by Crippen LogP contribution is 2.18. The van der Waals surface area contributed by atoms with E-state index in [1.165, 1.54) is 0 Å². The Hall–Kier alpha value is -1.55. The van der Waals surface area contributed by atoms with Crippen molar-refractivity contribution < 1.29 is 15.0 Å². The number of aryl methyl sites for hydroxylation is 1. The molecule has 1 rings (SSSR count). The van der Waals surface area contributed by atoms with E-state index in [0.29, 0.717) is 6.42 Å². The van der Waals surface area contributed by atoms with Gasteiger partial charge in [0.1, 0.15) is 11.8 Å². The maximum Gasteiger partial charge on any atom is 0.320 e. The van der Waals surface area contributed by atoms with E-state index in [4.69, 9.17) is 10.8 Å². The lowest BCUT2D eigenvalue weighted by Crippen LogP contribution is -2.32. The van der Waals surface area contributed by atoms with Crippen molar-refractivity contribution in [2.24, 2.45) is 5.73 Å². The predicted molar refractivity (Wildman–Crippen MR) is 56.8 cm³/mol. The summed E-state index contributed by atoms with van der Waals surface area (Å²) in [4.78, 5) is 10.6. The Labute approximate surface area is 88.3 Å². The maximum absolute atomic E-state index is 10.6. The van der Waals surface area contributed by atoms with Gasteiger partial charge in [0.15, 0.2) is 0 Å². The first-order chi connectivity index (χ1) is 7.04. The average molecular weight is 209 g/mol. The van der Waals surface area contributed by atoms with Crippen molar-refractivity contribution in [3.8, 4) is 5.75 Å². The molecule has 1 atom stereocenters. The van der Waals surface area contributed by atoms with E-state index in [1.807, 2.05) is 6.92 Å².